The summed E-state index contributed by atoms with van der Waals surface area (Å²) in [6.45, 7) is 1.81. The topological polar surface area (TPSA) is 78.5 Å². The predicted octanol–water partition coefficient (Wildman–Crippen LogP) is 2.74. The van der Waals surface area contributed by atoms with Gasteiger partial charge >= 0.3 is 0 Å². The molecule has 1 fully saturated rings. The zero-order valence-corrected chi connectivity index (χ0v) is 18.0. The number of benzene rings is 2. The molecular formula is C24H28N4O3. The number of nitrogens with one attached hydrogen (secondary N) is 1. The van der Waals surface area contributed by atoms with E-state index in [0.29, 0.717) is 29.6 Å². The summed E-state index contributed by atoms with van der Waals surface area (Å²) in [6, 6.07) is 15.5. The van der Waals surface area contributed by atoms with Crippen molar-refractivity contribution in [2.75, 3.05) is 32.1 Å². The highest BCUT2D eigenvalue weighted by molar-refractivity contribution is 5.88. The lowest BCUT2D eigenvalue weighted by Crippen LogP contribution is -2.38. The number of hydrogen-bond donors (Lipinski definition) is 1. The van der Waals surface area contributed by atoms with Gasteiger partial charge < -0.3 is 14.5 Å². The highest BCUT2D eigenvalue weighted by Gasteiger charge is 2.24. The molecule has 3 aromatic rings. The van der Waals surface area contributed by atoms with Crippen LogP contribution in [0.2, 0.25) is 0 Å². The van der Waals surface area contributed by atoms with Gasteiger partial charge in [0.1, 0.15) is 0 Å². The second-order valence-corrected chi connectivity index (χ2v) is 8.19. The number of carbonyl (C=O) groups is 1. The molecule has 0 radical (unpaired) electrons. The molecule has 1 aliphatic rings. The van der Waals surface area contributed by atoms with Gasteiger partial charge in [-0.1, -0.05) is 30.3 Å². The van der Waals surface area contributed by atoms with Gasteiger partial charge in [0, 0.05) is 44.9 Å². The molecular weight excluding hydrogens is 392 g/mol. The number of amides is 1. The molecule has 0 unspecified atom stereocenters. The summed E-state index contributed by atoms with van der Waals surface area (Å²) in [5.41, 5.74) is 2.52. The van der Waals surface area contributed by atoms with E-state index in [9.17, 15) is 9.59 Å². The SMILES string of the molecule is CN(C)c1ccc(CN(C[C@H]2CCCO2)C(=O)Cc2n[nH]c(=O)c3ccccc23)cc1. The fourth-order valence-corrected chi connectivity index (χ4v) is 3.97. The third kappa shape index (κ3) is 4.94. The van der Waals surface area contributed by atoms with E-state index < -0.39 is 0 Å². The van der Waals surface area contributed by atoms with Crippen LogP contribution in [0.5, 0.6) is 0 Å². The molecule has 1 aliphatic heterocycles. The Bertz CT molecular complexity index is 1100. The first-order valence-electron chi connectivity index (χ1n) is 10.6. The van der Waals surface area contributed by atoms with Crippen LogP contribution in [-0.2, 0) is 22.5 Å². The Morgan fingerprint density at radius 2 is 1.87 bits per heavy atom. The van der Waals surface area contributed by atoms with E-state index in [1.807, 2.05) is 42.1 Å². The molecule has 1 amide bonds. The van der Waals surface area contributed by atoms with Crippen molar-refractivity contribution in [1.82, 2.24) is 15.1 Å². The van der Waals surface area contributed by atoms with E-state index in [2.05, 4.69) is 34.5 Å². The average Bonchev–Trinajstić information content (AvgIpc) is 3.29. The zero-order valence-electron chi connectivity index (χ0n) is 18.0. The quantitative estimate of drug-likeness (QED) is 0.636. The number of nitrogens with zero attached hydrogens (tertiary/aromatic N) is 3. The fraction of sp³-hybridized carbons (Fsp3) is 0.375. The van der Waals surface area contributed by atoms with Crippen LogP contribution in [0, 0.1) is 0 Å². The van der Waals surface area contributed by atoms with Crippen LogP contribution in [0.25, 0.3) is 10.8 Å². The zero-order chi connectivity index (χ0) is 21.8. The Balaban J connectivity index is 1.56. The average molecular weight is 421 g/mol. The van der Waals surface area contributed by atoms with Gasteiger partial charge in [0.15, 0.2) is 0 Å². The van der Waals surface area contributed by atoms with Crippen LogP contribution in [-0.4, -0.2) is 54.4 Å². The minimum Gasteiger partial charge on any atom is -0.378 e. The van der Waals surface area contributed by atoms with Gasteiger partial charge in [0.25, 0.3) is 5.56 Å². The van der Waals surface area contributed by atoms with Gasteiger partial charge in [-0.15, -0.1) is 0 Å². The van der Waals surface area contributed by atoms with Crippen LogP contribution >= 0.6 is 0 Å². The summed E-state index contributed by atoms with van der Waals surface area (Å²) in [4.78, 5) is 29.3. The summed E-state index contributed by atoms with van der Waals surface area (Å²) < 4.78 is 5.79. The molecule has 162 valence electrons. The van der Waals surface area contributed by atoms with E-state index in [1.54, 1.807) is 6.07 Å². The maximum absolute atomic E-state index is 13.3. The first kappa shape index (κ1) is 21.1. The number of ether oxygens (including phenoxy) is 1. The highest BCUT2D eigenvalue weighted by atomic mass is 16.5. The molecule has 4 rings (SSSR count). The molecule has 0 aliphatic carbocycles. The second-order valence-electron chi connectivity index (χ2n) is 8.19. The van der Waals surface area contributed by atoms with E-state index >= 15 is 0 Å². The summed E-state index contributed by atoms with van der Waals surface area (Å²) in [6.07, 6.45) is 2.17. The van der Waals surface area contributed by atoms with Gasteiger partial charge in [-0.2, -0.15) is 5.10 Å². The number of carbonyl (C=O) groups excluding carboxylic acids is 1. The molecule has 2 heterocycles. The van der Waals surface area contributed by atoms with Crippen molar-refractivity contribution >= 4 is 22.4 Å². The van der Waals surface area contributed by atoms with Crippen molar-refractivity contribution < 1.29 is 9.53 Å². The monoisotopic (exact) mass is 420 g/mol. The van der Waals surface area contributed by atoms with Crippen molar-refractivity contribution in [3.63, 3.8) is 0 Å². The molecule has 0 bridgehead atoms. The summed E-state index contributed by atoms with van der Waals surface area (Å²) >= 11 is 0. The lowest BCUT2D eigenvalue weighted by molar-refractivity contribution is -0.132. The molecule has 0 saturated carbocycles. The minimum atomic E-state index is -0.246. The Labute approximate surface area is 181 Å². The van der Waals surface area contributed by atoms with E-state index in [0.717, 1.165) is 30.7 Å². The number of aromatic amines is 1. The minimum absolute atomic E-state index is 0.0307. The standard InChI is InChI=1S/C24H28N4O3/c1-27(2)18-11-9-17(10-12-18)15-28(16-19-6-5-13-31-19)23(29)14-22-20-7-3-4-8-21(20)24(30)26-25-22/h3-4,7-12,19H,5-6,13-16H2,1-2H3,(H,26,30)/t19-/m1/s1. The molecule has 7 heteroatoms. The molecule has 31 heavy (non-hydrogen) atoms. The largest absolute Gasteiger partial charge is 0.378 e. The number of aromatic nitrogens is 2. The Morgan fingerprint density at radius 3 is 2.55 bits per heavy atom. The van der Waals surface area contributed by atoms with Crippen molar-refractivity contribution in [3.05, 3.63) is 70.1 Å². The Morgan fingerprint density at radius 1 is 1.13 bits per heavy atom. The Kier molecular flexibility index (Phi) is 6.32. The molecule has 7 nitrogen and oxygen atoms in total. The summed E-state index contributed by atoms with van der Waals surface area (Å²) in [7, 11) is 4.01. The molecule has 0 spiro atoms. The van der Waals surface area contributed by atoms with Crippen molar-refractivity contribution in [2.24, 2.45) is 0 Å². The van der Waals surface area contributed by atoms with Crippen LogP contribution in [0.15, 0.2) is 53.3 Å². The maximum atomic E-state index is 13.3. The van der Waals surface area contributed by atoms with Gasteiger partial charge in [0.2, 0.25) is 5.91 Å². The number of rotatable bonds is 7. The van der Waals surface area contributed by atoms with Crippen molar-refractivity contribution in [1.29, 1.82) is 0 Å². The first-order chi connectivity index (χ1) is 15.0. The van der Waals surface area contributed by atoms with Gasteiger partial charge in [-0.05, 0) is 36.6 Å². The molecule has 2 aromatic carbocycles. The number of anilines is 1. The molecule has 1 aromatic heterocycles. The van der Waals surface area contributed by atoms with Crippen LogP contribution in [0.4, 0.5) is 5.69 Å². The molecule has 1 N–H and O–H groups in total. The van der Waals surface area contributed by atoms with E-state index in [1.165, 1.54) is 0 Å². The van der Waals surface area contributed by atoms with Crippen molar-refractivity contribution in [3.8, 4) is 0 Å². The number of H-pyrrole nitrogens is 1. The predicted molar refractivity (Wildman–Crippen MR) is 121 cm³/mol. The normalized spacial score (nSPS) is 15.9. The molecule has 1 saturated heterocycles. The van der Waals surface area contributed by atoms with Crippen LogP contribution < -0.4 is 10.5 Å². The van der Waals surface area contributed by atoms with E-state index in [-0.39, 0.29) is 24.0 Å². The first-order valence-corrected chi connectivity index (χ1v) is 10.6. The maximum Gasteiger partial charge on any atom is 0.272 e. The smallest absolute Gasteiger partial charge is 0.272 e. The van der Waals surface area contributed by atoms with Crippen molar-refractivity contribution in [2.45, 2.75) is 31.9 Å². The Hall–Kier alpha value is -3.19. The lowest BCUT2D eigenvalue weighted by atomic mass is 10.1. The second kappa shape index (κ2) is 9.31. The van der Waals surface area contributed by atoms with E-state index in [4.69, 9.17) is 4.74 Å². The van der Waals surface area contributed by atoms with Crippen LogP contribution in [0.3, 0.4) is 0 Å². The summed E-state index contributed by atoms with van der Waals surface area (Å²) in [5.74, 6) is -0.0307. The lowest BCUT2D eigenvalue weighted by Gasteiger charge is -2.26. The third-order valence-electron chi connectivity index (χ3n) is 5.72. The fourth-order valence-electron chi connectivity index (χ4n) is 3.97. The van der Waals surface area contributed by atoms with Crippen LogP contribution in [0.1, 0.15) is 24.1 Å². The van der Waals surface area contributed by atoms with Gasteiger partial charge in [-0.3, -0.25) is 9.59 Å². The third-order valence-corrected chi connectivity index (χ3v) is 5.72. The number of fused-ring (bicyclic) bond motifs is 1. The number of hydrogen-bond acceptors (Lipinski definition) is 5. The summed E-state index contributed by atoms with van der Waals surface area (Å²) in [5, 5.41) is 7.96. The van der Waals surface area contributed by atoms with Gasteiger partial charge in [0.05, 0.1) is 23.6 Å². The van der Waals surface area contributed by atoms with Gasteiger partial charge in [-0.25, -0.2) is 5.10 Å². The molecule has 1 atom stereocenters. The highest BCUT2D eigenvalue weighted by Crippen LogP contribution is 2.19.